The molecule has 0 saturated carbocycles. The van der Waals surface area contributed by atoms with Crippen LogP contribution in [-0.2, 0) is 4.74 Å². The number of rotatable bonds is 4. The van der Waals surface area contributed by atoms with Crippen LogP contribution in [0, 0.1) is 0 Å². The van der Waals surface area contributed by atoms with E-state index in [0.29, 0.717) is 5.82 Å². The Bertz CT molecular complexity index is 207. The summed E-state index contributed by atoms with van der Waals surface area (Å²) in [6.45, 7) is 11.9. The first-order valence-corrected chi connectivity index (χ1v) is 4.78. The van der Waals surface area contributed by atoms with Crippen LogP contribution in [0.1, 0.15) is 34.1 Å². The average Bonchev–Trinajstić information content (AvgIpc) is 1.96. The minimum Gasteiger partial charge on any atom is -0.444 e. The van der Waals surface area contributed by atoms with Crippen LogP contribution in [0.5, 0.6) is 0 Å². The average molecular weight is 200 g/mol. The second-order valence-corrected chi connectivity index (χ2v) is 4.03. The molecule has 0 radical (unpaired) electrons. The summed E-state index contributed by atoms with van der Waals surface area (Å²) in [5.41, 5.74) is -0.477. The molecule has 1 amide bonds. The minimum absolute atomic E-state index is 0.473. The first-order chi connectivity index (χ1) is 6.35. The van der Waals surface area contributed by atoms with Gasteiger partial charge in [-0.1, -0.05) is 13.5 Å². The highest BCUT2D eigenvalue weighted by molar-refractivity contribution is 5.69. The van der Waals surface area contributed by atoms with Crippen molar-refractivity contribution in [1.29, 1.82) is 0 Å². The SMILES string of the molecule is C=C(NCCC)NC(=O)OC(C)(C)C. The van der Waals surface area contributed by atoms with Crippen LogP contribution >= 0.6 is 0 Å². The van der Waals surface area contributed by atoms with Crippen molar-refractivity contribution in [2.45, 2.75) is 39.7 Å². The van der Waals surface area contributed by atoms with Crippen LogP contribution < -0.4 is 10.6 Å². The van der Waals surface area contributed by atoms with Crippen molar-refractivity contribution >= 4 is 6.09 Å². The van der Waals surface area contributed by atoms with Crippen molar-refractivity contribution in [2.75, 3.05) is 6.54 Å². The molecular formula is C10H20N2O2. The van der Waals surface area contributed by atoms with E-state index in [0.717, 1.165) is 13.0 Å². The molecule has 0 aromatic rings. The maximum atomic E-state index is 11.2. The fraction of sp³-hybridized carbons (Fsp3) is 0.700. The summed E-state index contributed by atoms with van der Waals surface area (Å²) in [7, 11) is 0. The zero-order valence-corrected chi connectivity index (χ0v) is 9.44. The molecule has 0 aliphatic carbocycles. The number of carbonyl (C=O) groups excluding carboxylic acids is 1. The van der Waals surface area contributed by atoms with Gasteiger partial charge in [0.2, 0.25) is 0 Å². The van der Waals surface area contributed by atoms with E-state index >= 15 is 0 Å². The van der Waals surface area contributed by atoms with E-state index in [1.54, 1.807) is 0 Å². The Morgan fingerprint density at radius 1 is 1.43 bits per heavy atom. The molecule has 0 aliphatic heterocycles. The van der Waals surface area contributed by atoms with Crippen molar-refractivity contribution in [2.24, 2.45) is 0 Å². The number of hydrogen-bond donors (Lipinski definition) is 2. The van der Waals surface area contributed by atoms with Crippen LogP contribution in [0.15, 0.2) is 12.4 Å². The van der Waals surface area contributed by atoms with Gasteiger partial charge >= 0.3 is 6.09 Å². The Balaban J connectivity index is 3.78. The Kier molecular flexibility index (Phi) is 5.05. The summed E-state index contributed by atoms with van der Waals surface area (Å²) in [6.07, 6.45) is 0.501. The number of alkyl carbamates (subject to hydrolysis) is 1. The van der Waals surface area contributed by atoms with Crippen molar-refractivity contribution in [1.82, 2.24) is 10.6 Å². The van der Waals surface area contributed by atoms with Crippen LogP contribution in [0.2, 0.25) is 0 Å². The lowest BCUT2D eigenvalue weighted by Gasteiger charge is -2.20. The molecule has 4 heteroatoms. The number of ether oxygens (including phenoxy) is 1. The standard InChI is InChI=1S/C10H20N2O2/c1-6-7-11-8(2)12-9(13)14-10(3,4)5/h11H,2,6-7H2,1,3-5H3,(H,12,13). The summed E-state index contributed by atoms with van der Waals surface area (Å²) in [5.74, 6) is 0.473. The van der Waals surface area contributed by atoms with Gasteiger partial charge in [0.15, 0.2) is 0 Å². The number of carbonyl (C=O) groups is 1. The predicted molar refractivity (Wildman–Crippen MR) is 56.8 cm³/mol. The molecule has 0 unspecified atom stereocenters. The Hall–Kier alpha value is -1.19. The zero-order valence-electron chi connectivity index (χ0n) is 9.44. The van der Waals surface area contributed by atoms with E-state index in [1.165, 1.54) is 0 Å². The Labute approximate surface area is 85.7 Å². The molecule has 0 aliphatic rings. The largest absolute Gasteiger partial charge is 0.444 e. The number of nitrogens with one attached hydrogen (secondary N) is 2. The summed E-state index contributed by atoms with van der Waals surface area (Å²) in [6, 6.07) is 0. The Morgan fingerprint density at radius 3 is 2.43 bits per heavy atom. The quantitative estimate of drug-likeness (QED) is 0.729. The molecule has 0 bridgehead atoms. The first kappa shape index (κ1) is 12.8. The van der Waals surface area contributed by atoms with Gasteiger partial charge in [0, 0.05) is 6.54 Å². The van der Waals surface area contributed by atoms with Gasteiger partial charge in [-0.15, -0.1) is 0 Å². The number of hydrogen-bond acceptors (Lipinski definition) is 3. The van der Waals surface area contributed by atoms with Crippen LogP contribution in [-0.4, -0.2) is 18.2 Å². The lowest BCUT2D eigenvalue weighted by atomic mass is 10.2. The van der Waals surface area contributed by atoms with E-state index in [-0.39, 0.29) is 0 Å². The summed E-state index contributed by atoms with van der Waals surface area (Å²) >= 11 is 0. The van der Waals surface area contributed by atoms with Crippen LogP contribution in [0.3, 0.4) is 0 Å². The van der Waals surface area contributed by atoms with Gasteiger partial charge in [-0.25, -0.2) is 4.79 Å². The molecule has 0 aromatic heterocycles. The van der Waals surface area contributed by atoms with E-state index in [1.807, 2.05) is 27.7 Å². The first-order valence-electron chi connectivity index (χ1n) is 4.78. The third kappa shape index (κ3) is 7.46. The van der Waals surface area contributed by atoms with Crippen LogP contribution in [0.4, 0.5) is 4.79 Å². The molecule has 14 heavy (non-hydrogen) atoms. The molecule has 0 heterocycles. The van der Waals surface area contributed by atoms with Gasteiger partial charge in [0.25, 0.3) is 0 Å². The maximum absolute atomic E-state index is 11.2. The lowest BCUT2D eigenvalue weighted by molar-refractivity contribution is 0.0542. The van der Waals surface area contributed by atoms with Crippen molar-refractivity contribution < 1.29 is 9.53 Å². The predicted octanol–water partition coefficient (Wildman–Crippen LogP) is 1.98. The summed E-state index contributed by atoms with van der Waals surface area (Å²) < 4.78 is 5.04. The van der Waals surface area contributed by atoms with Gasteiger partial charge < -0.3 is 10.1 Å². The van der Waals surface area contributed by atoms with E-state index in [4.69, 9.17) is 4.74 Å². The second kappa shape index (κ2) is 5.52. The molecule has 0 atom stereocenters. The molecular weight excluding hydrogens is 180 g/mol. The smallest absolute Gasteiger partial charge is 0.413 e. The molecule has 0 spiro atoms. The monoisotopic (exact) mass is 200 g/mol. The van der Waals surface area contributed by atoms with E-state index in [2.05, 4.69) is 17.2 Å². The molecule has 2 N–H and O–H groups in total. The molecule has 0 fully saturated rings. The summed E-state index contributed by atoms with van der Waals surface area (Å²) in [5, 5.41) is 5.45. The lowest BCUT2D eigenvalue weighted by Crippen LogP contribution is -2.36. The maximum Gasteiger partial charge on any atom is 0.413 e. The number of amides is 1. The molecule has 0 aromatic carbocycles. The van der Waals surface area contributed by atoms with Gasteiger partial charge in [0.1, 0.15) is 11.4 Å². The normalized spacial score (nSPS) is 10.6. The van der Waals surface area contributed by atoms with Gasteiger partial charge in [-0.05, 0) is 27.2 Å². The summed E-state index contributed by atoms with van der Waals surface area (Å²) in [4.78, 5) is 11.2. The molecule has 0 rings (SSSR count). The highest BCUT2D eigenvalue weighted by Crippen LogP contribution is 2.06. The third-order valence-electron chi connectivity index (χ3n) is 1.24. The molecule has 82 valence electrons. The third-order valence-corrected chi connectivity index (χ3v) is 1.24. The Morgan fingerprint density at radius 2 is 2.00 bits per heavy atom. The van der Waals surface area contributed by atoms with Gasteiger partial charge in [-0.3, -0.25) is 5.32 Å². The van der Waals surface area contributed by atoms with Crippen molar-refractivity contribution in [3.05, 3.63) is 12.4 Å². The van der Waals surface area contributed by atoms with Gasteiger partial charge in [0.05, 0.1) is 0 Å². The van der Waals surface area contributed by atoms with E-state index < -0.39 is 11.7 Å². The van der Waals surface area contributed by atoms with Crippen molar-refractivity contribution in [3.63, 3.8) is 0 Å². The minimum atomic E-state index is -0.480. The van der Waals surface area contributed by atoms with Gasteiger partial charge in [-0.2, -0.15) is 0 Å². The highest BCUT2D eigenvalue weighted by atomic mass is 16.6. The zero-order chi connectivity index (χ0) is 11.2. The van der Waals surface area contributed by atoms with Crippen LogP contribution in [0.25, 0.3) is 0 Å². The fourth-order valence-corrected chi connectivity index (χ4v) is 0.747. The van der Waals surface area contributed by atoms with E-state index in [9.17, 15) is 4.79 Å². The molecule has 4 nitrogen and oxygen atoms in total. The fourth-order valence-electron chi connectivity index (χ4n) is 0.747. The highest BCUT2D eigenvalue weighted by Gasteiger charge is 2.16. The van der Waals surface area contributed by atoms with Crippen molar-refractivity contribution in [3.8, 4) is 0 Å². The molecule has 0 saturated heterocycles. The second-order valence-electron chi connectivity index (χ2n) is 4.03. The topological polar surface area (TPSA) is 50.4 Å².